The molecule has 0 radical (unpaired) electrons. The van der Waals surface area contributed by atoms with Crippen molar-refractivity contribution in [2.45, 2.75) is 37.6 Å². The van der Waals surface area contributed by atoms with E-state index in [9.17, 15) is 9.59 Å². The zero-order chi connectivity index (χ0) is 16.7. The number of nitrogens with one attached hydrogen (secondary N) is 1. The maximum atomic E-state index is 12.5. The van der Waals surface area contributed by atoms with Crippen LogP contribution in [-0.2, 0) is 9.53 Å². The van der Waals surface area contributed by atoms with Gasteiger partial charge in [-0.25, -0.2) is 4.98 Å². The summed E-state index contributed by atoms with van der Waals surface area (Å²) in [5.74, 6) is -0.855. The Morgan fingerprint density at radius 2 is 2.09 bits per heavy atom. The minimum Gasteiger partial charge on any atom is -0.481 e. The molecule has 0 aromatic carbocycles. The molecule has 126 valence electrons. The first-order valence-corrected chi connectivity index (χ1v) is 7.67. The molecule has 1 amide bonds. The van der Waals surface area contributed by atoms with Crippen LogP contribution >= 0.6 is 0 Å². The minimum atomic E-state index is -0.898. The number of carboxylic acids is 1. The van der Waals surface area contributed by atoms with Crippen LogP contribution in [0, 0.1) is 0 Å². The van der Waals surface area contributed by atoms with Gasteiger partial charge in [0, 0.05) is 24.9 Å². The number of nitrogens with zero attached hydrogens (tertiary/aromatic N) is 1. The van der Waals surface area contributed by atoms with Crippen LogP contribution in [0.5, 0.6) is 5.88 Å². The molecule has 2 N–H and O–H groups in total. The Bertz CT molecular complexity index is 555. The normalized spacial score (nSPS) is 16.0. The molecule has 1 heterocycles. The number of aliphatic carboxylic acids is 1. The molecule has 1 fully saturated rings. The van der Waals surface area contributed by atoms with Crippen LogP contribution in [0.4, 0.5) is 0 Å². The molecule has 0 bridgehead atoms. The number of hydrogen-bond donors (Lipinski definition) is 2. The lowest BCUT2D eigenvalue weighted by atomic mass is 9.92. The average molecular weight is 322 g/mol. The molecule has 1 saturated carbocycles. The second-order valence-corrected chi connectivity index (χ2v) is 5.74. The summed E-state index contributed by atoms with van der Waals surface area (Å²) in [5, 5.41) is 12.0. The van der Waals surface area contributed by atoms with Gasteiger partial charge in [-0.05, 0) is 18.9 Å². The number of ether oxygens (including phenoxy) is 2. The van der Waals surface area contributed by atoms with E-state index in [4.69, 9.17) is 14.6 Å². The maximum Gasteiger partial charge on any atom is 0.305 e. The van der Waals surface area contributed by atoms with E-state index in [-0.39, 0.29) is 12.3 Å². The molecule has 0 saturated heterocycles. The highest BCUT2D eigenvalue weighted by atomic mass is 16.5. The van der Waals surface area contributed by atoms with E-state index < -0.39 is 11.5 Å². The molecule has 0 aliphatic heterocycles. The molecule has 7 heteroatoms. The molecule has 1 aromatic rings. The third kappa shape index (κ3) is 4.92. The largest absolute Gasteiger partial charge is 0.481 e. The molecular weight excluding hydrogens is 300 g/mol. The molecule has 1 aliphatic rings. The first-order valence-electron chi connectivity index (χ1n) is 7.67. The van der Waals surface area contributed by atoms with E-state index in [1.165, 1.54) is 6.20 Å². The van der Waals surface area contributed by atoms with Crippen molar-refractivity contribution in [3.05, 3.63) is 23.9 Å². The third-order valence-corrected chi connectivity index (χ3v) is 3.96. The highest BCUT2D eigenvalue weighted by Crippen LogP contribution is 2.33. The summed E-state index contributed by atoms with van der Waals surface area (Å²) in [6, 6.07) is 3.14. The van der Waals surface area contributed by atoms with Gasteiger partial charge in [-0.15, -0.1) is 0 Å². The van der Waals surface area contributed by atoms with Gasteiger partial charge in [0.05, 0.1) is 18.6 Å². The van der Waals surface area contributed by atoms with E-state index in [2.05, 4.69) is 10.3 Å². The van der Waals surface area contributed by atoms with Crippen LogP contribution in [0.2, 0.25) is 0 Å². The van der Waals surface area contributed by atoms with E-state index in [0.717, 1.165) is 12.8 Å². The fourth-order valence-electron chi connectivity index (χ4n) is 2.86. The monoisotopic (exact) mass is 322 g/mol. The number of carboxylic acid groups (broad SMARTS) is 1. The summed E-state index contributed by atoms with van der Waals surface area (Å²) in [6.45, 7) is 0.775. The zero-order valence-electron chi connectivity index (χ0n) is 13.2. The molecule has 1 aliphatic carbocycles. The van der Waals surface area contributed by atoms with E-state index >= 15 is 0 Å². The van der Waals surface area contributed by atoms with Crippen LogP contribution in [0.15, 0.2) is 18.3 Å². The third-order valence-electron chi connectivity index (χ3n) is 3.96. The van der Waals surface area contributed by atoms with Crippen LogP contribution in [0.1, 0.15) is 42.5 Å². The summed E-state index contributed by atoms with van der Waals surface area (Å²) >= 11 is 0. The highest BCUT2D eigenvalue weighted by Gasteiger charge is 2.37. The van der Waals surface area contributed by atoms with Crippen molar-refractivity contribution in [3.8, 4) is 5.88 Å². The lowest BCUT2D eigenvalue weighted by Gasteiger charge is -2.28. The lowest BCUT2D eigenvalue weighted by Crippen LogP contribution is -2.47. The van der Waals surface area contributed by atoms with Gasteiger partial charge in [0.1, 0.15) is 6.61 Å². The van der Waals surface area contributed by atoms with Gasteiger partial charge >= 0.3 is 5.97 Å². The van der Waals surface area contributed by atoms with Gasteiger partial charge in [-0.3, -0.25) is 9.59 Å². The van der Waals surface area contributed by atoms with Crippen molar-refractivity contribution in [1.82, 2.24) is 10.3 Å². The molecule has 7 nitrogen and oxygen atoms in total. The van der Waals surface area contributed by atoms with Crippen LogP contribution < -0.4 is 10.1 Å². The number of amides is 1. The van der Waals surface area contributed by atoms with Crippen molar-refractivity contribution >= 4 is 11.9 Å². The van der Waals surface area contributed by atoms with Gasteiger partial charge in [0.25, 0.3) is 5.91 Å². The van der Waals surface area contributed by atoms with Crippen LogP contribution in [-0.4, -0.2) is 47.8 Å². The standard InChI is InChI=1S/C16H22N2O5/c1-22-8-9-23-13-10-12(4-7-17-13)15(21)18-16(11-14(19)20)5-2-3-6-16/h4,7,10H,2-3,5-6,8-9,11H2,1H3,(H,18,21)(H,19,20). The van der Waals surface area contributed by atoms with E-state index in [0.29, 0.717) is 37.5 Å². The lowest BCUT2D eigenvalue weighted by molar-refractivity contribution is -0.138. The number of methoxy groups -OCH3 is 1. The maximum absolute atomic E-state index is 12.5. The molecule has 0 unspecified atom stereocenters. The molecule has 0 spiro atoms. The number of pyridine rings is 1. The van der Waals surface area contributed by atoms with Gasteiger partial charge in [0.2, 0.25) is 5.88 Å². The Hall–Kier alpha value is -2.15. The summed E-state index contributed by atoms with van der Waals surface area (Å²) < 4.78 is 10.3. The molecule has 2 rings (SSSR count). The SMILES string of the molecule is COCCOc1cc(C(=O)NC2(CC(=O)O)CCCC2)ccn1. The average Bonchev–Trinajstić information content (AvgIpc) is 2.95. The Balaban J connectivity index is 2.04. The predicted molar refractivity (Wildman–Crippen MR) is 82.5 cm³/mol. The first-order chi connectivity index (χ1) is 11.0. The zero-order valence-corrected chi connectivity index (χ0v) is 13.2. The van der Waals surface area contributed by atoms with Gasteiger partial charge < -0.3 is 19.9 Å². The summed E-state index contributed by atoms with van der Waals surface area (Å²) in [5.41, 5.74) is -0.243. The number of hydrogen-bond acceptors (Lipinski definition) is 5. The molecular formula is C16H22N2O5. The second-order valence-electron chi connectivity index (χ2n) is 5.74. The Morgan fingerprint density at radius 3 is 2.74 bits per heavy atom. The number of rotatable bonds is 8. The Kier molecular flexibility index (Phi) is 5.92. The first kappa shape index (κ1) is 17.2. The second kappa shape index (κ2) is 7.92. The van der Waals surface area contributed by atoms with Crippen molar-refractivity contribution in [2.24, 2.45) is 0 Å². The summed E-state index contributed by atoms with van der Waals surface area (Å²) in [4.78, 5) is 27.6. The minimum absolute atomic E-state index is 0.0545. The quantitative estimate of drug-likeness (QED) is 0.706. The predicted octanol–water partition coefficient (Wildman–Crippen LogP) is 1.62. The van der Waals surface area contributed by atoms with Crippen molar-refractivity contribution in [1.29, 1.82) is 0 Å². The molecule has 1 aromatic heterocycles. The van der Waals surface area contributed by atoms with E-state index in [1.807, 2.05) is 0 Å². The Morgan fingerprint density at radius 1 is 1.35 bits per heavy atom. The van der Waals surface area contributed by atoms with Crippen molar-refractivity contribution in [3.63, 3.8) is 0 Å². The van der Waals surface area contributed by atoms with Crippen molar-refractivity contribution in [2.75, 3.05) is 20.3 Å². The molecule has 23 heavy (non-hydrogen) atoms. The topological polar surface area (TPSA) is 97.8 Å². The van der Waals surface area contributed by atoms with Gasteiger partial charge in [-0.1, -0.05) is 12.8 Å². The smallest absolute Gasteiger partial charge is 0.305 e. The Labute approximate surface area is 135 Å². The number of carbonyl (C=O) groups excluding carboxylic acids is 1. The summed E-state index contributed by atoms with van der Waals surface area (Å²) in [7, 11) is 1.57. The highest BCUT2D eigenvalue weighted by molar-refractivity contribution is 5.95. The number of carbonyl (C=O) groups is 2. The van der Waals surface area contributed by atoms with Crippen molar-refractivity contribution < 1.29 is 24.2 Å². The molecule has 0 atom stereocenters. The fraction of sp³-hybridized carbons (Fsp3) is 0.562. The van der Waals surface area contributed by atoms with Gasteiger partial charge in [-0.2, -0.15) is 0 Å². The van der Waals surface area contributed by atoms with E-state index in [1.54, 1.807) is 19.2 Å². The van der Waals surface area contributed by atoms with Gasteiger partial charge in [0.15, 0.2) is 0 Å². The number of aromatic nitrogens is 1. The van der Waals surface area contributed by atoms with Crippen LogP contribution in [0.3, 0.4) is 0 Å². The van der Waals surface area contributed by atoms with Crippen LogP contribution in [0.25, 0.3) is 0 Å². The fourth-order valence-corrected chi connectivity index (χ4v) is 2.86. The summed E-state index contributed by atoms with van der Waals surface area (Å²) in [6.07, 6.45) is 4.67.